The van der Waals surface area contributed by atoms with Crippen molar-refractivity contribution in [1.82, 2.24) is 5.06 Å². The lowest BCUT2D eigenvalue weighted by atomic mass is 10.5. The van der Waals surface area contributed by atoms with Crippen LogP contribution in [-0.4, -0.2) is 34.9 Å². The van der Waals surface area contributed by atoms with Crippen molar-refractivity contribution in [2.24, 2.45) is 0 Å². The van der Waals surface area contributed by atoms with E-state index in [1.807, 2.05) is 0 Å². The lowest BCUT2D eigenvalue weighted by molar-refractivity contribution is -0.160. The predicted molar refractivity (Wildman–Crippen MR) is 68.4 cm³/mol. The molecule has 0 aromatic carbocycles. The average molecular weight is 279 g/mol. The Morgan fingerprint density at radius 2 is 1.72 bits per heavy atom. The molecule has 1 N–H and O–H groups in total. The highest BCUT2D eigenvalue weighted by Crippen LogP contribution is 2.51. The first-order chi connectivity index (χ1) is 8.16. The number of hydroxylamine groups is 2. The number of rotatable bonds is 7. The molecule has 0 aliphatic rings. The van der Waals surface area contributed by atoms with Crippen LogP contribution in [0.15, 0.2) is 11.9 Å². The summed E-state index contributed by atoms with van der Waals surface area (Å²) < 4.78 is 22.8. The lowest BCUT2D eigenvalue weighted by Gasteiger charge is -2.20. The number of nitrogens with zero attached hydrogens (tertiary/aromatic N) is 1. The Hall–Kier alpha value is -0.680. The highest BCUT2D eigenvalue weighted by atomic mass is 31.2. The van der Waals surface area contributed by atoms with Crippen molar-refractivity contribution in [3.05, 3.63) is 11.9 Å². The summed E-state index contributed by atoms with van der Waals surface area (Å²) in [5, 5.41) is 9.65. The zero-order chi connectivity index (χ0) is 14.3. The van der Waals surface area contributed by atoms with Gasteiger partial charge in [-0.2, -0.15) is 0 Å². The Balaban J connectivity index is 4.63. The van der Waals surface area contributed by atoms with Gasteiger partial charge in [-0.3, -0.25) is 14.6 Å². The molecule has 0 saturated heterocycles. The number of carbonyl (C=O) groups is 1. The summed E-state index contributed by atoms with van der Waals surface area (Å²) in [7, 11) is -3.35. The van der Waals surface area contributed by atoms with Gasteiger partial charge in [0.1, 0.15) is 0 Å². The normalized spacial score (nSPS) is 12.7. The minimum absolute atomic E-state index is 0.0672. The van der Waals surface area contributed by atoms with Crippen molar-refractivity contribution < 1.29 is 23.6 Å². The summed E-state index contributed by atoms with van der Waals surface area (Å²) in [6.45, 7) is 8.15. The van der Waals surface area contributed by atoms with Crippen LogP contribution in [0.2, 0.25) is 0 Å². The largest absolute Gasteiger partial charge is 0.354 e. The molecule has 0 aromatic rings. The van der Waals surface area contributed by atoms with Gasteiger partial charge in [0.2, 0.25) is 5.91 Å². The molecular weight excluding hydrogens is 257 g/mol. The van der Waals surface area contributed by atoms with Crippen LogP contribution < -0.4 is 0 Å². The number of amides is 1. The van der Waals surface area contributed by atoms with Crippen molar-refractivity contribution in [3.8, 4) is 0 Å². The third kappa shape index (κ3) is 7.61. The molecule has 0 aliphatic heterocycles. The molecule has 7 heteroatoms. The van der Waals surface area contributed by atoms with Gasteiger partial charge in [0, 0.05) is 12.7 Å². The van der Waals surface area contributed by atoms with Gasteiger partial charge in [-0.15, -0.1) is 0 Å². The first-order valence-electron chi connectivity index (χ1n) is 5.77. The topological polar surface area (TPSA) is 76.1 Å². The number of carbonyl (C=O) groups excluding carboxylic acids is 1. The SMILES string of the molecule is CC(=O)N(O)C/C=C/P(=O)(OC(C)C)OC(C)C. The molecule has 106 valence electrons. The molecule has 0 rings (SSSR count). The molecule has 0 atom stereocenters. The second kappa shape index (κ2) is 7.69. The van der Waals surface area contributed by atoms with Gasteiger partial charge < -0.3 is 9.05 Å². The van der Waals surface area contributed by atoms with E-state index in [9.17, 15) is 9.36 Å². The quantitative estimate of drug-likeness (QED) is 0.440. The summed E-state index contributed by atoms with van der Waals surface area (Å²) >= 11 is 0. The van der Waals surface area contributed by atoms with E-state index in [2.05, 4.69) is 0 Å². The fourth-order valence-corrected chi connectivity index (χ4v) is 2.81. The zero-order valence-corrected chi connectivity index (χ0v) is 12.4. The molecule has 0 unspecified atom stereocenters. The minimum Gasteiger partial charge on any atom is -0.303 e. The Morgan fingerprint density at radius 3 is 2.06 bits per heavy atom. The summed E-state index contributed by atoms with van der Waals surface area (Å²) in [5.41, 5.74) is 0. The summed E-state index contributed by atoms with van der Waals surface area (Å²) in [6.07, 6.45) is 0.877. The van der Waals surface area contributed by atoms with Crippen molar-refractivity contribution in [3.63, 3.8) is 0 Å². The number of hydrogen-bond donors (Lipinski definition) is 1. The molecule has 0 saturated carbocycles. The first-order valence-corrected chi connectivity index (χ1v) is 7.38. The molecule has 0 fully saturated rings. The fourth-order valence-electron chi connectivity index (χ4n) is 1.09. The maximum atomic E-state index is 12.3. The second-order valence-electron chi connectivity index (χ2n) is 4.33. The average Bonchev–Trinajstić information content (AvgIpc) is 2.13. The molecule has 18 heavy (non-hydrogen) atoms. The van der Waals surface area contributed by atoms with Crippen LogP contribution in [0.1, 0.15) is 34.6 Å². The Bertz CT molecular complexity index is 326. The Kier molecular flexibility index (Phi) is 7.40. The fraction of sp³-hybridized carbons (Fsp3) is 0.727. The highest BCUT2D eigenvalue weighted by Gasteiger charge is 2.24. The van der Waals surface area contributed by atoms with Crippen molar-refractivity contribution in [2.45, 2.75) is 46.8 Å². The van der Waals surface area contributed by atoms with Crippen LogP contribution in [0, 0.1) is 0 Å². The van der Waals surface area contributed by atoms with E-state index in [0.717, 1.165) is 0 Å². The third-order valence-electron chi connectivity index (χ3n) is 1.65. The minimum atomic E-state index is -3.35. The third-order valence-corrected chi connectivity index (χ3v) is 3.65. The van der Waals surface area contributed by atoms with Crippen molar-refractivity contribution >= 4 is 13.5 Å². The molecule has 0 heterocycles. The van der Waals surface area contributed by atoms with Crippen LogP contribution in [-0.2, 0) is 18.4 Å². The summed E-state index contributed by atoms with van der Waals surface area (Å²) in [5.74, 6) is 0.767. The summed E-state index contributed by atoms with van der Waals surface area (Å²) in [4.78, 5) is 10.8. The maximum Gasteiger partial charge on any atom is 0.354 e. The molecule has 6 nitrogen and oxygen atoms in total. The van der Waals surface area contributed by atoms with Crippen molar-refractivity contribution in [1.29, 1.82) is 0 Å². The highest BCUT2D eigenvalue weighted by molar-refractivity contribution is 7.57. The first kappa shape index (κ1) is 17.3. The van der Waals surface area contributed by atoms with E-state index in [0.29, 0.717) is 5.06 Å². The van der Waals surface area contributed by atoms with Crippen molar-refractivity contribution in [2.75, 3.05) is 6.54 Å². The van der Waals surface area contributed by atoms with Crippen LogP contribution in [0.4, 0.5) is 0 Å². The smallest absolute Gasteiger partial charge is 0.303 e. The molecule has 0 spiro atoms. The van der Waals surface area contributed by atoms with Gasteiger partial charge in [-0.05, 0) is 27.7 Å². The van der Waals surface area contributed by atoms with Gasteiger partial charge in [0.05, 0.1) is 18.8 Å². The van der Waals surface area contributed by atoms with Crippen LogP contribution in [0.3, 0.4) is 0 Å². The molecule has 0 radical (unpaired) electrons. The molecular formula is C11H22NO5P. The van der Waals surface area contributed by atoms with Crippen LogP contribution in [0.5, 0.6) is 0 Å². The predicted octanol–water partition coefficient (Wildman–Crippen LogP) is 2.78. The van der Waals surface area contributed by atoms with Gasteiger partial charge in [0.25, 0.3) is 0 Å². The van der Waals surface area contributed by atoms with Crippen LogP contribution >= 0.6 is 7.60 Å². The second-order valence-corrected chi connectivity index (χ2v) is 6.13. The standard InChI is InChI=1S/C11H22NO5P/c1-9(2)16-18(15,17-10(3)4)8-6-7-12(14)11(5)13/h6,8-10,14H,7H2,1-5H3/b8-6+. The Morgan fingerprint density at radius 1 is 1.28 bits per heavy atom. The van der Waals surface area contributed by atoms with Gasteiger partial charge in [-0.25, -0.2) is 5.06 Å². The lowest BCUT2D eigenvalue weighted by Crippen LogP contribution is -2.24. The molecule has 0 aliphatic carbocycles. The van der Waals surface area contributed by atoms with Gasteiger partial charge in [-0.1, -0.05) is 6.08 Å². The Labute approximate surface area is 108 Å². The van der Waals surface area contributed by atoms with Crippen LogP contribution in [0.25, 0.3) is 0 Å². The monoisotopic (exact) mass is 279 g/mol. The number of hydrogen-bond acceptors (Lipinski definition) is 5. The van der Waals surface area contributed by atoms with E-state index < -0.39 is 13.5 Å². The van der Waals surface area contributed by atoms with E-state index in [-0.39, 0.29) is 18.8 Å². The summed E-state index contributed by atoms with van der Waals surface area (Å²) in [6, 6.07) is 0. The molecule has 0 aromatic heterocycles. The molecule has 1 amide bonds. The zero-order valence-electron chi connectivity index (χ0n) is 11.5. The van der Waals surface area contributed by atoms with Gasteiger partial charge in [0.15, 0.2) is 0 Å². The maximum absolute atomic E-state index is 12.3. The van der Waals surface area contributed by atoms with Gasteiger partial charge >= 0.3 is 7.60 Å². The van der Waals surface area contributed by atoms with E-state index in [4.69, 9.17) is 14.3 Å². The van der Waals surface area contributed by atoms with E-state index in [1.54, 1.807) is 27.7 Å². The van der Waals surface area contributed by atoms with E-state index >= 15 is 0 Å². The van der Waals surface area contributed by atoms with E-state index in [1.165, 1.54) is 18.8 Å². The molecule has 0 bridgehead atoms.